The van der Waals surface area contributed by atoms with Gasteiger partial charge in [-0.2, -0.15) is 0 Å². The van der Waals surface area contributed by atoms with Gasteiger partial charge in [0.25, 0.3) is 0 Å². The lowest BCUT2D eigenvalue weighted by Crippen LogP contribution is -2.32. The molecule has 4 heteroatoms. The molecule has 0 aromatic heterocycles. The molecule has 2 aromatic rings. The Bertz CT molecular complexity index is 843. The van der Waals surface area contributed by atoms with Crippen LogP contribution in [0.25, 0.3) is 0 Å². The lowest BCUT2D eigenvalue weighted by atomic mass is 9.87. The lowest BCUT2D eigenvalue weighted by Gasteiger charge is -2.18. The SMILES string of the molecule is CC(C)(C)C1=CC(NC(=O)Nc2ccc(CCc3ccccc3)cc2)=NC1. The molecule has 0 fully saturated rings. The van der Waals surface area contributed by atoms with E-state index in [4.69, 9.17) is 0 Å². The summed E-state index contributed by atoms with van der Waals surface area (Å²) < 4.78 is 0. The zero-order valence-electron chi connectivity index (χ0n) is 16.3. The maximum Gasteiger partial charge on any atom is 0.324 e. The third-order valence-electron chi connectivity index (χ3n) is 4.69. The summed E-state index contributed by atoms with van der Waals surface area (Å²) in [4.78, 5) is 16.6. The smallest absolute Gasteiger partial charge is 0.308 e. The standard InChI is InChI=1S/C23H27N3O/c1-23(2,3)19-15-21(24-16-19)26-22(27)25-20-13-11-18(12-14-20)10-9-17-7-5-4-6-8-17/h4-8,11-15H,9-10,16H2,1-3H3,(H2,24,25,26,27). The van der Waals surface area contributed by atoms with Gasteiger partial charge < -0.3 is 5.32 Å². The van der Waals surface area contributed by atoms with Crippen LogP contribution in [0.1, 0.15) is 31.9 Å². The Morgan fingerprint density at radius 1 is 0.926 bits per heavy atom. The number of nitrogens with zero attached hydrogens (tertiary/aromatic N) is 1. The van der Waals surface area contributed by atoms with Crippen LogP contribution in [0, 0.1) is 5.41 Å². The van der Waals surface area contributed by atoms with Gasteiger partial charge in [-0.1, -0.05) is 63.2 Å². The number of aliphatic imine (C=N–C) groups is 1. The van der Waals surface area contributed by atoms with Crippen LogP contribution in [-0.4, -0.2) is 18.4 Å². The maximum atomic E-state index is 12.2. The summed E-state index contributed by atoms with van der Waals surface area (Å²) in [5, 5.41) is 5.68. The third-order valence-corrected chi connectivity index (χ3v) is 4.69. The minimum absolute atomic E-state index is 0.0684. The Labute approximate surface area is 161 Å². The molecule has 1 aliphatic rings. The molecule has 0 spiro atoms. The Balaban J connectivity index is 1.49. The molecule has 140 valence electrons. The van der Waals surface area contributed by atoms with Gasteiger partial charge in [-0.3, -0.25) is 10.3 Å². The van der Waals surface area contributed by atoms with E-state index in [9.17, 15) is 4.79 Å². The summed E-state index contributed by atoms with van der Waals surface area (Å²) in [6, 6.07) is 18.2. The van der Waals surface area contributed by atoms with E-state index in [1.807, 2.05) is 24.3 Å². The highest BCUT2D eigenvalue weighted by Gasteiger charge is 2.21. The fraction of sp³-hybridized carbons (Fsp3) is 0.304. The van der Waals surface area contributed by atoms with E-state index in [2.05, 4.69) is 72.8 Å². The van der Waals surface area contributed by atoms with Crippen LogP contribution in [0.2, 0.25) is 0 Å². The van der Waals surface area contributed by atoms with E-state index < -0.39 is 0 Å². The second kappa shape index (κ2) is 8.21. The van der Waals surface area contributed by atoms with Crippen LogP contribution in [-0.2, 0) is 12.8 Å². The minimum Gasteiger partial charge on any atom is -0.308 e. The number of carbonyl (C=O) groups excluding carboxylic acids is 1. The molecule has 1 aliphatic heterocycles. The van der Waals surface area contributed by atoms with E-state index in [1.165, 1.54) is 16.7 Å². The van der Waals surface area contributed by atoms with E-state index in [0.717, 1.165) is 18.5 Å². The zero-order chi connectivity index (χ0) is 19.3. The average Bonchev–Trinajstić information content (AvgIpc) is 3.11. The molecular formula is C23H27N3O. The van der Waals surface area contributed by atoms with E-state index in [-0.39, 0.29) is 11.4 Å². The number of aryl methyl sites for hydroxylation is 2. The predicted molar refractivity (Wildman–Crippen MR) is 112 cm³/mol. The van der Waals surface area contributed by atoms with Gasteiger partial charge in [-0.05, 0) is 53.2 Å². The number of anilines is 1. The number of amidine groups is 1. The van der Waals surface area contributed by atoms with Crippen molar-refractivity contribution in [3.05, 3.63) is 77.4 Å². The van der Waals surface area contributed by atoms with Gasteiger partial charge in [0.15, 0.2) is 0 Å². The van der Waals surface area contributed by atoms with E-state index in [0.29, 0.717) is 12.4 Å². The van der Waals surface area contributed by atoms with Gasteiger partial charge in [0.2, 0.25) is 0 Å². The number of nitrogens with one attached hydrogen (secondary N) is 2. The molecule has 0 aliphatic carbocycles. The molecule has 4 nitrogen and oxygen atoms in total. The largest absolute Gasteiger partial charge is 0.324 e. The molecule has 0 saturated carbocycles. The van der Waals surface area contributed by atoms with Crippen molar-refractivity contribution in [2.45, 2.75) is 33.6 Å². The van der Waals surface area contributed by atoms with Crippen molar-refractivity contribution < 1.29 is 4.79 Å². The van der Waals surface area contributed by atoms with Crippen LogP contribution in [0.5, 0.6) is 0 Å². The molecule has 0 atom stereocenters. The molecule has 27 heavy (non-hydrogen) atoms. The second-order valence-electron chi connectivity index (χ2n) is 7.88. The monoisotopic (exact) mass is 361 g/mol. The fourth-order valence-electron chi connectivity index (χ4n) is 2.92. The normalized spacial score (nSPS) is 13.7. The summed E-state index contributed by atoms with van der Waals surface area (Å²) in [6.45, 7) is 7.10. The predicted octanol–water partition coefficient (Wildman–Crippen LogP) is 4.98. The quantitative estimate of drug-likeness (QED) is 0.793. The van der Waals surface area contributed by atoms with Crippen molar-refractivity contribution in [1.29, 1.82) is 0 Å². The molecule has 0 saturated heterocycles. The summed E-state index contributed by atoms with van der Waals surface area (Å²) in [5.74, 6) is 0.622. The highest BCUT2D eigenvalue weighted by Crippen LogP contribution is 2.27. The Morgan fingerprint density at radius 2 is 1.56 bits per heavy atom. The number of amides is 2. The second-order valence-corrected chi connectivity index (χ2v) is 7.88. The Morgan fingerprint density at radius 3 is 2.15 bits per heavy atom. The van der Waals surface area contributed by atoms with Crippen molar-refractivity contribution in [1.82, 2.24) is 5.32 Å². The first-order chi connectivity index (χ1) is 12.9. The minimum atomic E-state index is -0.266. The molecule has 0 radical (unpaired) electrons. The number of rotatable bonds is 4. The summed E-state index contributed by atoms with van der Waals surface area (Å²) in [6.07, 6.45) is 3.95. The van der Waals surface area contributed by atoms with Gasteiger partial charge in [0, 0.05) is 5.69 Å². The van der Waals surface area contributed by atoms with Crippen LogP contribution < -0.4 is 10.6 Å². The van der Waals surface area contributed by atoms with Crippen LogP contribution in [0.15, 0.2) is 71.2 Å². The molecule has 0 unspecified atom stereocenters. The number of benzene rings is 2. The highest BCUT2D eigenvalue weighted by molar-refractivity contribution is 6.09. The van der Waals surface area contributed by atoms with Crippen molar-refractivity contribution >= 4 is 17.6 Å². The van der Waals surface area contributed by atoms with Gasteiger partial charge in [0.1, 0.15) is 5.84 Å². The number of urea groups is 1. The highest BCUT2D eigenvalue weighted by atomic mass is 16.2. The lowest BCUT2D eigenvalue weighted by molar-refractivity contribution is 0.256. The first-order valence-corrected chi connectivity index (χ1v) is 9.36. The Hall–Kier alpha value is -2.88. The Kier molecular flexibility index (Phi) is 5.75. The molecular weight excluding hydrogens is 334 g/mol. The van der Waals surface area contributed by atoms with Gasteiger partial charge in [-0.25, -0.2) is 4.79 Å². The first-order valence-electron chi connectivity index (χ1n) is 9.36. The molecule has 1 heterocycles. The third kappa shape index (κ3) is 5.55. The first kappa shape index (κ1) is 18.9. The number of hydrogen-bond acceptors (Lipinski definition) is 2. The molecule has 3 rings (SSSR count). The van der Waals surface area contributed by atoms with Crippen LogP contribution >= 0.6 is 0 Å². The summed E-state index contributed by atoms with van der Waals surface area (Å²) in [7, 11) is 0. The van der Waals surface area contributed by atoms with Crippen LogP contribution in [0.4, 0.5) is 10.5 Å². The average molecular weight is 361 g/mol. The summed E-state index contributed by atoms with van der Waals surface area (Å²) >= 11 is 0. The molecule has 0 bridgehead atoms. The van der Waals surface area contributed by atoms with Crippen molar-refractivity contribution in [2.75, 3.05) is 11.9 Å². The molecule has 2 aromatic carbocycles. The van der Waals surface area contributed by atoms with Crippen LogP contribution in [0.3, 0.4) is 0 Å². The number of carbonyl (C=O) groups is 1. The maximum absolute atomic E-state index is 12.2. The van der Waals surface area contributed by atoms with Gasteiger partial charge in [-0.15, -0.1) is 0 Å². The zero-order valence-corrected chi connectivity index (χ0v) is 16.3. The van der Waals surface area contributed by atoms with E-state index in [1.54, 1.807) is 0 Å². The van der Waals surface area contributed by atoms with Crippen molar-refractivity contribution in [3.8, 4) is 0 Å². The topological polar surface area (TPSA) is 53.5 Å². The van der Waals surface area contributed by atoms with Gasteiger partial charge >= 0.3 is 6.03 Å². The van der Waals surface area contributed by atoms with Crippen molar-refractivity contribution in [3.63, 3.8) is 0 Å². The number of hydrogen-bond donors (Lipinski definition) is 2. The van der Waals surface area contributed by atoms with Gasteiger partial charge in [0.05, 0.1) is 6.54 Å². The molecule has 2 amide bonds. The van der Waals surface area contributed by atoms with Crippen molar-refractivity contribution in [2.24, 2.45) is 10.4 Å². The summed E-state index contributed by atoms with van der Waals surface area (Å²) in [5.41, 5.74) is 4.65. The fourth-order valence-corrected chi connectivity index (χ4v) is 2.92. The molecule has 2 N–H and O–H groups in total. The van der Waals surface area contributed by atoms with E-state index >= 15 is 0 Å².